The third-order valence-corrected chi connectivity index (χ3v) is 3.92. The van der Waals surface area contributed by atoms with Gasteiger partial charge in [0.2, 0.25) is 5.75 Å². The van der Waals surface area contributed by atoms with Crippen molar-refractivity contribution in [2.45, 2.75) is 6.92 Å². The molecule has 0 spiro atoms. The third-order valence-electron chi connectivity index (χ3n) is 3.92. The number of carbonyl (C=O) groups excluding carboxylic acids is 2. The summed E-state index contributed by atoms with van der Waals surface area (Å²) < 4.78 is 15.6. The molecule has 0 aliphatic heterocycles. The molecule has 0 aliphatic carbocycles. The molecule has 2 rings (SSSR count). The van der Waals surface area contributed by atoms with E-state index in [9.17, 15) is 14.7 Å². The molecule has 2 aromatic carbocycles. The molecule has 2 aromatic rings. The van der Waals surface area contributed by atoms with Crippen LogP contribution in [0.4, 0.5) is 0 Å². The van der Waals surface area contributed by atoms with E-state index in [2.05, 4.69) is 15.8 Å². The number of nitrogens with one attached hydrogen (secondary N) is 2. The van der Waals surface area contributed by atoms with E-state index in [0.29, 0.717) is 22.8 Å². The number of phenolic OH excluding ortho intramolecular Hbond substituents is 1. The zero-order chi connectivity index (χ0) is 21.4. The number of methoxy groups -OCH3 is 3. The van der Waals surface area contributed by atoms with Crippen molar-refractivity contribution < 1.29 is 28.9 Å². The Morgan fingerprint density at radius 3 is 2.28 bits per heavy atom. The maximum absolute atomic E-state index is 12.3. The standard InChI is InChI=1S/C20H23N3O6/c1-12-5-6-13(15(24)7-12)10-22-23-18(25)11-21-20(26)14-8-16(27-2)19(29-4)17(9-14)28-3/h5-10,24H,11H2,1-4H3,(H,21,26)(H,23,25). The maximum atomic E-state index is 12.3. The first kappa shape index (κ1) is 21.5. The highest BCUT2D eigenvalue weighted by atomic mass is 16.5. The Bertz CT molecular complexity index is 901. The maximum Gasteiger partial charge on any atom is 0.259 e. The van der Waals surface area contributed by atoms with Gasteiger partial charge in [-0.1, -0.05) is 6.07 Å². The third kappa shape index (κ3) is 5.61. The molecule has 9 nitrogen and oxygen atoms in total. The molecule has 0 saturated heterocycles. The van der Waals surface area contributed by atoms with Crippen molar-refractivity contribution in [3.63, 3.8) is 0 Å². The second-order valence-corrected chi connectivity index (χ2v) is 5.95. The zero-order valence-corrected chi connectivity index (χ0v) is 16.6. The van der Waals surface area contributed by atoms with Crippen LogP contribution < -0.4 is 25.0 Å². The van der Waals surface area contributed by atoms with Crippen LogP contribution in [0.25, 0.3) is 0 Å². The van der Waals surface area contributed by atoms with Crippen molar-refractivity contribution in [2.24, 2.45) is 5.10 Å². The number of aromatic hydroxyl groups is 1. The smallest absolute Gasteiger partial charge is 0.259 e. The molecule has 0 saturated carbocycles. The number of phenols is 1. The highest BCUT2D eigenvalue weighted by molar-refractivity contribution is 5.97. The van der Waals surface area contributed by atoms with Crippen molar-refractivity contribution >= 4 is 18.0 Å². The summed E-state index contributed by atoms with van der Waals surface area (Å²) in [5.74, 6) is 0.0257. The molecule has 2 amide bonds. The summed E-state index contributed by atoms with van der Waals surface area (Å²) in [6.07, 6.45) is 1.31. The molecule has 3 N–H and O–H groups in total. The van der Waals surface area contributed by atoms with Gasteiger partial charge in [0.15, 0.2) is 11.5 Å². The fourth-order valence-electron chi connectivity index (χ4n) is 2.45. The normalized spacial score (nSPS) is 10.5. The summed E-state index contributed by atoms with van der Waals surface area (Å²) in [6.45, 7) is 1.55. The van der Waals surface area contributed by atoms with Crippen molar-refractivity contribution in [3.05, 3.63) is 47.0 Å². The Kier molecular flexibility index (Phi) is 7.41. The van der Waals surface area contributed by atoms with Crippen LogP contribution >= 0.6 is 0 Å². The molecular weight excluding hydrogens is 378 g/mol. The lowest BCUT2D eigenvalue weighted by Crippen LogP contribution is -2.34. The number of nitrogens with zero attached hydrogens (tertiary/aromatic N) is 1. The summed E-state index contributed by atoms with van der Waals surface area (Å²) in [7, 11) is 4.34. The number of hydrogen-bond donors (Lipinski definition) is 3. The van der Waals surface area contributed by atoms with Gasteiger partial charge in [-0.3, -0.25) is 9.59 Å². The summed E-state index contributed by atoms with van der Waals surface area (Å²) in [5, 5.41) is 16.0. The van der Waals surface area contributed by atoms with Crippen LogP contribution in [0.5, 0.6) is 23.0 Å². The fraction of sp³-hybridized carbons (Fsp3) is 0.250. The lowest BCUT2D eigenvalue weighted by atomic mass is 10.1. The van der Waals surface area contributed by atoms with E-state index in [1.807, 2.05) is 6.92 Å². The molecule has 0 atom stereocenters. The van der Waals surface area contributed by atoms with Crippen molar-refractivity contribution in [3.8, 4) is 23.0 Å². The van der Waals surface area contributed by atoms with Crippen LogP contribution in [-0.4, -0.2) is 51.0 Å². The van der Waals surface area contributed by atoms with Crippen LogP contribution in [0.2, 0.25) is 0 Å². The van der Waals surface area contributed by atoms with E-state index in [4.69, 9.17) is 14.2 Å². The Morgan fingerprint density at radius 1 is 1.07 bits per heavy atom. The molecule has 0 heterocycles. The van der Waals surface area contributed by atoms with E-state index in [-0.39, 0.29) is 17.9 Å². The number of hydrazone groups is 1. The second-order valence-electron chi connectivity index (χ2n) is 5.95. The summed E-state index contributed by atoms with van der Waals surface area (Å²) in [4.78, 5) is 24.2. The highest BCUT2D eigenvalue weighted by Crippen LogP contribution is 2.38. The summed E-state index contributed by atoms with van der Waals surface area (Å²) >= 11 is 0. The molecule has 0 fully saturated rings. The molecule has 0 aliphatic rings. The van der Waals surface area contributed by atoms with Gasteiger partial charge in [-0.25, -0.2) is 5.43 Å². The van der Waals surface area contributed by atoms with Gasteiger partial charge in [0.05, 0.1) is 34.1 Å². The topological polar surface area (TPSA) is 118 Å². The highest BCUT2D eigenvalue weighted by Gasteiger charge is 2.17. The minimum absolute atomic E-state index is 0.0544. The van der Waals surface area contributed by atoms with Gasteiger partial charge in [-0.15, -0.1) is 0 Å². The van der Waals surface area contributed by atoms with E-state index in [1.54, 1.807) is 18.2 Å². The molecule has 0 unspecified atom stereocenters. The predicted octanol–water partition coefficient (Wildman–Crippen LogP) is 1.61. The van der Waals surface area contributed by atoms with Crippen LogP contribution in [0.3, 0.4) is 0 Å². The van der Waals surface area contributed by atoms with Gasteiger partial charge in [0.25, 0.3) is 11.8 Å². The van der Waals surface area contributed by atoms with E-state index >= 15 is 0 Å². The SMILES string of the molecule is COc1cc(C(=O)NCC(=O)NN=Cc2ccc(C)cc2O)cc(OC)c1OC. The zero-order valence-electron chi connectivity index (χ0n) is 16.6. The first-order chi connectivity index (χ1) is 13.9. The number of rotatable bonds is 8. The number of aryl methyl sites for hydroxylation is 1. The van der Waals surface area contributed by atoms with E-state index in [0.717, 1.165) is 5.56 Å². The number of hydrogen-bond acceptors (Lipinski definition) is 7. The molecule has 154 valence electrons. The molecule has 0 aromatic heterocycles. The van der Waals surface area contributed by atoms with Gasteiger partial charge in [-0.2, -0.15) is 5.10 Å². The molecular formula is C20H23N3O6. The van der Waals surface area contributed by atoms with Crippen LogP contribution in [0.1, 0.15) is 21.5 Å². The largest absolute Gasteiger partial charge is 0.507 e. The van der Waals surface area contributed by atoms with Crippen molar-refractivity contribution in [1.82, 2.24) is 10.7 Å². The molecule has 9 heteroatoms. The Hall–Kier alpha value is -3.75. The van der Waals surface area contributed by atoms with Gasteiger partial charge < -0.3 is 24.6 Å². The Labute approximate surface area is 168 Å². The second kappa shape index (κ2) is 9.98. The predicted molar refractivity (Wildman–Crippen MR) is 107 cm³/mol. The average molecular weight is 401 g/mol. The van der Waals surface area contributed by atoms with Gasteiger partial charge in [0.1, 0.15) is 5.75 Å². The Morgan fingerprint density at radius 2 is 1.72 bits per heavy atom. The van der Waals surface area contributed by atoms with Gasteiger partial charge in [0, 0.05) is 11.1 Å². The van der Waals surface area contributed by atoms with Crippen LogP contribution in [-0.2, 0) is 4.79 Å². The van der Waals surface area contributed by atoms with Crippen molar-refractivity contribution in [2.75, 3.05) is 27.9 Å². The Balaban J connectivity index is 1.96. The molecule has 0 radical (unpaired) electrons. The quantitative estimate of drug-likeness (QED) is 0.457. The fourth-order valence-corrected chi connectivity index (χ4v) is 2.45. The van der Waals surface area contributed by atoms with Crippen molar-refractivity contribution in [1.29, 1.82) is 0 Å². The number of carbonyl (C=O) groups is 2. The van der Waals surface area contributed by atoms with Gasteiger partial charge in [-0.05, 0) is 36.8 Å². The van der Waals surface area contributed by atoms with Crippen LogP contribution in [0.15, 0.2) is 35.4 Å². The van der Waals surface area contributed by atoms with Gasteiger partial charge >= 0.3 is 0 Å². The first-order valence-electron chi connectivity index (χ1n) is 8.59. The number of amides is 2. The molecule has 0 bridgehead atoms. The number of benzene rings is 2. The first-order valence-corrected chi connectivity index (χ1v) is 8.59. The summed E-state index contributed by atoms with van der Waals surface area (Å²) in [5.41, 5.74) is 3.87. The monoisotopic (exact) mass is 401 g/mol. The lowest BCUT2D eigenvalue weighted by Gasteiger charge is -2.14. The van der Waals surface area contributed by atoms with E-state index < -0.39 is 11.8 Å². The van der Waals surface area contributed by atoms with E-state index in [1.165, 1.54) is 39.7 Å². The van der Waals surface area contributed by atoms with Crippen LogP contribution in [0, 0.1) is 6.92 Å². The average Bonchev–Trinajstić information content (AvgIpc) is 2.72. The molecule has 29 heavy (non-hydrogen) atoms. The minimum Gasteiger partial charge on any atom is -0.507 e. The summed E-state index contributed by atoms with van der Waals surface area (Å²) in [6, 6.07) is 8.02. The minimum atomic E-state index is -0.534. The lowest BCUT2D eigenvalue weighted by molar-refractivity contribution is -0.120. The number of ether oxygens (including phenoxy) is 3.